The first-order chi connectivity index (χ1) is 7.16. The highest BCUT2D eigenvalue weighted by Gasteiger charge is 2.29. The molecule has 1 unspecified atom stereocenters. The molecule has 2 heterocycles. The van der Waals surface area contributed by atoms with E-state index in [2.05, 4.69) is 11.8 Å². The summed E-state index contributed by atoms with van der Waals surface area (Å²) in [6.07, 6.45) is 3.58. The van der Waals surface area contributed by atoms with E-state index in [1.54, 1.807) is 0 Å². The monoisotopic (exact) mass is 211 g/mol. The summed E-state index contributed by atoms with van der Waals surface area (Å²) in [6.45, 7) is 5.43. The number of carbonyl (C=O) groups excluding carboxylic acids is 1. The fourth-order valence-electron chi connectivity index (χ4n) is 2.49. The van der Waals surface area contributed by atoms with Crippen LogP contribution in [0.1, 0.15) is 26.2 Å². The zero-order valence-corrected chi connectivity index (χ0v) is 9.48. The molecular weight excluding hydrogens is 190 g/mol. The second-order valence-electron chi connectivity index (χ2n) is 4.89. The fraction of sp³-hybridized carbons (Fsp3) is 0.909. The Morgan fingerprint density at radius 1 is 1.40 bits per heavy atom. The van der Waals surface area contributed by atoms with Gasteiger partial charge in [-0.1, -0.05) is 0 Å². The number of rotatable bonds is 2. The van der Waals surface area contributed by atoms with Gasteiger partial charge in [0.2, 0.25) is 5.91 Å². The minimum atomic E-state index is 0.286. The molecule has 15 heavy (non-hydrogen) atoms. The highest BCUT2D eigenvalue weighted by Crippen LogP contribution is 2.17. The lowest BCUT2D eigenvalue weighted by molar-refractivity contribution is -0.136. The summed E-state index contributed by atoms with van der Waals surface area (Å²) in [5.74, 6) is 0.286. The molecule has 2 aliphatic rings. The molecule has 1 amide bonds. The topological polar surface area (TPSA) is 49.6 Å². The average molecular weight is 211 g/mol. The van der Waals surface area contributed by atoms with Crippen molar-refractivity contribution >= 4 is 5.91 Å². The van der Waals surface area contributed by atoms with Crippen LogP contribution in [0.25, 0.3) is 0 Å². The van der Waals surface area contributed by atoms with Gasteiger partial charge in [0.05, 0.1) is 6.54 Å². The third kappa shape index (κ3) is 2.49. The molecule has 0 spiro atoms. The van der Waals surface area contributed by atoms with Gasteiger partial charge in [-0.2, -0.15) is 0 Å². The van der Waals surface area contributed by atoms with E-state index in [0.29, 0.717) is 12.6 Å². The van der Waals surface area contributed by atoms with Crippen LogP contribution < -0.4 is 5.73 Å². The Labute approximate surface area is 91.4 Å². The maximum absolute atomic E-state index is 12.0. The van der Waals surface area contributed by atoms with Gasteiger partial charge in [0.1, 0.15) is 0 Å². The maximum atomic E-state index is 12.0. The lowest BCUT2D eigenvalue weighted by Crippen LogP contribution is -2.59. The summed E-state index contributed by atoms with van der Waals surface area (Å²) in [5.41, 5.74) is 5.68. The van der Waals surface area contributed by atoms with Crippen molar-refractivity contribution in [2.24, 2.45) is 5.73 Å². The van der Waals surface area contributed by atoms with Gasteiger partial charge >= 0.3 is 0 Å². The zero-order chi connectivity index (χ0) is 10.8. The van der Waals surface area contributed by atoms with Crippen molar-refractivity contribution in [2.45, 2.75) is 38.3 Å². The van der Waals surface area contributed by atoms with Gasteiger partial charge in [-0.05, 0) is 26.2 Å². The van der Waals surface area contributed by atoms with Crippen molar-refractivity contribution in [3.63, 3.8) is 0 Å². The normalized spacial score (nSPS) is 28.9. The quantitative estimate of drug-likeness (QED) is 0.701. The van der Waals surface area contributed by atoms with Crippen molar-refractivity contribution in [1.29, 1.82) is 0 Å². The molecule has 0 aromatic heterocycles. The largest absolute Gasteiger partial charge is 0.339 e. The molecule has 0 aromatic carbocycles. The Morgan fingerprint density at radius 2 is 2.13 bits per heavy atom. The summed E-state index contributed by atoms with van der Waals surface area (Å²) < 4.78 is 0. The molecule has 4 nitrogen and oxygen atoms in total. The zero-order valence-electron chi connectivity index (χ0n) is 9.48. The van der Waals surface area contributed by atoms with Crippen LogP contribution in [0.2, 0.25) is 0 Å². The molecule has 86 valence electrons. The fourth-order valence-corrected chi connectivity index (χ4v) is 2.49. The summed E-state index contributed by atoms with van der Waals surface area (Å²) in [5, 5.41) is 0. The summed E-state index contributed by atoms with van der Waals surface area (Å²) in [7, 11) is 0. The second kappa shape index (κ2) is 4.49. The highest BCUT2D eigenvalue weighted by molar-refractivity contribution is 5.78. The maximum Gasteiger partial charge on any atom is 0.236 e. The SMILES string of the molecule is CC1CCCCN1C(=O)CN1CC(N)C1. The molecule has 0 saturated carbocycles. The molecule has 4 heteroatoms. The Hall–Kier alpha value is -0.610. The van der Waals surface area contributed by atoms with E-state index < -0.39 is 0 Å². The molecule has 0 radical (unpaired) electrons. The van der Waals surface area contributed by atoms with E-state index in [-0.39, 0.29) is 11.9 Å². The van der Waals surface area contributed by atoms with Crippen molar-refractivity contribution in [2.75, 3.05) is 26.2 Å². The van der Waals surface area contributed by atoms with Crippen LogP contribution in [0.15, 0.2) is 0 Å². The van der Waals surface area contributed by atoms with Crippen LogP contribution in [0.4, 0.5) is 0 Å². The van der Waals surface area contributed by atoms with E-state index >= 15 is 0 Å². The Balaban J connectivity index is 1.79. The Bertz CT molecular complexity index is 238. The number of amides is 1. The van der Waals surface area contributed by atoms with Crippen LogP contribution in [-0.4, -0.2) is 54.0 Å². The summed E-state index contributed by atoms with van der Waals surface area (Å²) >= 11 is 0. The van der Waals surface area contributed by atoms with Crippen molar-refractivity contribution in [3.05, 3.63) is 0 Å². The molecule has 2 fully saturated rings. The average Bonchev–Trinajstić information content (AvgIpc) is 2.16. The minimum Gasteiger partial charge on any atom is -0.339 e. The molecular formula is C11H21N3O. The first kappa shape index (κ1) is 10.9. The number of nitrogens with zero attached hydrogens (tertiary/aromatic N) is 2. The summed E-state index contributed by atoms with van der Waals surface area (Å²) in [4.78, 5) is 16.1. The standard InChI is InChI=1S/C11H21N3O/c1-9-4-2-3-5-14(9)11(15)8-13-6-10(12)7-13/h9-10H,2-8,12H2,1H3. The first-order valence-electron chi connectivity index (χ1n) is 5.94. The van der Waals surface area contributed by atoms with Crippen LogP contribution in [-0.2, 0) is 4.79 Å². The van der Waals surface area contributed by atoms with Gasteiger partial charge in [0.15, 0.2) is 0 Å². The van der Waals surface area contributed by atoms with Crippen LogP contribution in [0, 0.1) is 0 Å². The van der Waals surface area contributed by atoms with Gasteiger partial charge in [0, 0.05) is 31.7 Å². The number of carbonyl (C=O) groups is 1. The number of piperidine rings is 1. The van der Waals surface area contributed by atoms with E-state index in [9.17, 15) is 4.79 Å². The molecule has 1 atom stereocenters. The number of hydrogen-bond donors (Lipinski definition) is 1. The first-order valence-corrected chi connectivity index (χ1v) is 5.94. The van der Waals surface area contributed by atoms with E-state index in [0.717, 1.165) is 32.5 Å². The van der Waals surface area contributed by atoms with Gasteiger partial charge < -0.3 is 10.6 Å². The predicted octanol–water partition coefficient (Wildman–Crippen LogP) is 0.0303. The van der Waals surface area contributed by atoms with Gasteiger partial charge in [-0.15, -0.1) is 0 Å². The Morgan fingerprint density at radius 3 is 2.73 bits per heavy atom. The predicted molar refractivity (Wildman–Crippen MR) is 59.4 cm³/mol. The van der Waals surface area contributed by atoms with Crippen LogP contribution >= 0.6 is 0 Å². The van der Waals surface area contributed by atoms with Crippen LogP contribution in [0.3, 0.4) is 0 Å². The molecule has 2 aliphatic heterocycles. The molecule has 0 bridgehead atoms. The highest BCUT2D eigenvalue weighted by atomic mass is 16.2. The van der Waals surface area contributed by atoms with Crippen LogP contribution in [0.5, 0.6) is 0 Å². The third-order valence-electron chi connectivity index (χ3n) is 3.47. The van der Waals surface area contributed by atoms with E-state index in [1.165, 1.54) is 6.42 Å². The van der Waals surface area contributed by atoms with Gasteiger partial charge in [0.25, 0.3) is 0 Å². The number of nitrogens with two attached hydrogens (primary N) is 1. The smallest absolute Gasteiger partial charge is 0.236 e. The van der Waals surface area contributed by atoms with Crippen molar-refractivity contribution < 1.29 is 4.79 Å². The minimum absolute atomic E-state index is 0.286. The van der Waals surface area contributed by atoms with E-state index in [4.69, 9.17) is 5.73 Å². The lowest BCUT2D eigenvalue weighted by atomic mass is 10.0. The van der Waals surface area contributed by atoms with E-state index in [1.807, 2.05) is 4.90 Å². The lowest BCUT2D eigenvalue weighted by Gasteiger charge is -2.39. The number of hydrogen-bond acceptors (Lipinski definition) is 3. The van der Waals surface area contributed by atoms with Crippen molar-refractivity contribution in [3.8, 4) is 0 Å². The molecule has 0 aromatic rings. The molecule has 0 aliphatic carbocycles. The van der Waals surface area contributed by atoms with Crippen molar-refractivity contribution in [1.82, 2.24) is 9.80 Å². The summed E-state index contributed by atoms with van der Waals surface area (Å²) in [6, 6.07) is 0.720. The molecule has 2 rings (SSSR count). The Kier molecular flexibility index (Phi) is 3.26. The van der Waals surface area contributed by atoms with Gasteiger partial charge in [-0.25, -0.2) is 0 Å². The molecule has 2 N–H and O–H groups in total. The molecule has 2 saturated heterocycles. The number of likely N-dealkylation sites (tertiary alicyclic amines) is 2. The second-order valence-corrected chi connectivity index (χ2v) is 4.89. The third-order valence-corrected chi connectivity index (χ3v) is 3.47. The van der Waals surface area contributed by atoms with Gasteiger partial charge in [-0.3, -0.25) is 9.69 Å².